The average molecular weight is 368 g/mol. The van der Waals surface area contributed by atoms with E-state index in [9.17, 15) is 9.59 Å². The maximum atomic E-state index is 13.2. The van der Waals surface area contributed by atoms with Crippen LogP contribution in [0.3, 0.4) is 0 Å². The van der Waals surface area contributed by atoms with Crippen LogP contribution in [0.4, 0.5) is 5.69 Å². The molecule has 2 aromatic rings. The predicted octanol–water partition coefficient (Wildman–Crippen LogP) is 1.97. The highest BCUT2D eigenvalue weighted by atomic mass is 32.2. The molecule has 0 saturated carbocycles. The minimum atomic E-state index is -0.151. The second-order valence-electron chi connectivity index (χ2n) is 6.50. The normalized spacial score (nSPS) is 17.5. The molecule has 1 aromatic heterocycles. The van der Waals surface area contributed by atoms with Gasteiger partial charge in [0.1, 0.15) is 11.6 Å². The number of fused-ring (bicyclic) bond motifs is 2. The molecule has 26 heavy (non-hydrogen) atoms. The van der Waals surface area contributed by atoms with E-state index in [1.807, 2.05) is 35.2 Å². The van der Waals surface area contributed by atoms with Gasteiger partial charge in [-0.2, -0.15) is 0 Å². The minimum absolute atomic E-state index is 0.0226. The van der Waals surface area contributed by atoms with Gasteiger partial charge in [0.15, 0.2) is 0 Å². The standard InChI is InChI=1S/C19H20N4O2S/c1-21-9-11-22(12-10-21)17(24)13-23-15-6-4-8-20-18(15)26-16-7-3-2-5-14(16)19(23)25/h2-8H,9-13H2,1H3. The lowest BCUT2D eigenvalue weighted by molar-refractivity contribution is -0.131. The second-order valence-corrected chi connectivity index (χ2v) is 7.53. The fourth-order valence-corrected chi connectivity index (χ4v) is 4.22. The van der Waals surface area contributed by atoms with Crippen molar-refractivity contribution in [3.63, 3.8) is 0 Å². The Hall–Kier alpha value is -2.38. The highest BCUT2D eigenvalue weighted by Gasteiger charge is 2.31. The number of carbonyl (C=O) groups is 2. The van der Waals surface area contributed by atoms with Crippen molar-refractivity contribution < 1.29 is 9.59 Å². The van der Waals surface area contributed by atoms with Crippen LogP contribution < -0.4 is 4.90 Å². The number of carbonyl (C=O) groups excluding carboxylic acids is 2. The quantitative estimate of drug-likeness (QED) is 0.811. The van der Waals surface area contributed by atoms with Crippen molar-refractivity contribution in [2.45, 2.75) is 9.92 Å². The number of amides is 2. The first-order valence-electron chi connectivity index (χ1n) is 8.63. The van der Waals surface area contributed by atoms with E-state index < -0.39 is 0 Å². The van der Waals surface area contributed by atoms with Gasteiger partial charge in [0, 0.05) is 37.3 Å². The number of likely N-dealkylation sites (N-methyl/N-ethyl adjacent to an activating group) is 1. The summed E-state index contributed by atoms with van der Waals surface area (Å²) in [5, 5.41) is 0.747. The Kier molecular flexibility index (Phi) is 4.65. The molecular formula is C19H20N4O2S. The molecule has 1 saturated heterocycles. The molecule has 4 rings (SSSR count). The van der Waals surface area contributed by atoms with Crippen molar-refractivity contribution in [2.24, 2.45) is 0 Å². The van der Waals surface area contributed by atoms with E-state index >= 15 is 0 Å². The second kappa shape index (κ2) is 7.09. The fourth-order valence-electron chi connectivity index (χ4n) is 3.21. The lowest BCUT2D eigenvalue weighted by Crippen LogP contribution is -2.51. The number of aromatic nitrogens is 1. The highest BCUT2D eigenvalue weighted by molar-refractivity contribution is 7.99. The number of hydrogen-bond donors (Lipinski definition) is 0. The Morgan fingerprint density at radius 1 is 1.12 bits per heavy atom. The molecule has 2 aliphatic rings. The number of piperazine rings is 1. The molecule has 2 amide bonds. The van der Waals surface area contributed by atoms with Gasteiger partial charge >= 0.3 is 0 Å². The molecule has 134 valence electrons. The van der Waals surface area contributed by atoms with Crippen LogP contribution in [0.1, 0.15) is 10.4 Å². The van der Waals surface area contributed by atoms with Gasteiger partial charge in [-0.25, -0.2) is 4.98 Å². The Balaban J connectivity index is 1.65. The van der Waals surface area contributed by atoms with Crippen LogP contribution in [0.2, 0.25) is 0 Å². The number of pyridine rings is 1. The molecule has 1 fully saturated rings. The fraction of sp³-hybridized carbons (Fsp3) is 0.316. The van der Waals surface area contributed by atoms with Crippen molar-refractivity contribution >= 4 is 29.3 Å². The Morgan fingerprint density at radius 3 is 2.69 bits per heavy atom. The van der Waals surface area contributed by atoms with E-state index in [1.54, 1.807) is 17.2 Å². The van der Waals surface area contributed by atoms with Crippen LogP contribution in [-0.2, 0) is 4.79 Å². The van der Waals surface area contributed by atoms with Crippen molar-refractivity contribution in [1.29, 1.82) is 0 Å². The number of benzene rings is 1. The summed E-state index contributed by atoms with van der Waals surface area (Å²) in [6.45, 7) is 3.15. The molecule has 6 nitrogen and oxygen atoms in total. The predicted molar refractivity (Wildman–Crippen MR) is 101 cm³/mol. The summed E-state index contributed by atoms with van der Waals surface area (Å²) < 4.78 is 0. The van der Waals surface area contributed by atoms with Crippen molar-refractivity contribution in [3.05, 3.63) is 48.2 Å². The summed E-state index contributed by atoms with van der Waals surface area (Å²) in [5.41, 5.74) is 1.31. The molecule has 0 N–H and O–H groups in total. The van der Waals surface area contributed by atoms with Gasteiger partial charge in [0.2, 0.25) is 5.91 Å². The summed E-state index contributed by atoms with van der Waals surface area (Å²) in [6.07, 6.45) is 1.71. The number of rotatable bonds is 2. The van der Waals surface area contributed by atoms with Gasteiger partial charge in [-0.15, -0.1) is 0 Å². The Labute approximate surface area is 156 Å². The monoisotopic (exact) mass is 368 g/mol. The third-order valence-electron chi connectivity index (χ3n) is 4.76. The average Bonchev–Trinajstić information content (AvgIpc) is 2.78. The van der Waals surface area contributed by atoms with Gasteiger partial charge in [0.05, 0.1) is 11.3 Å². The van der Waals surface area contributed by atoms with Crippen LogP contribution in [0.25, 0.3) is 0 Å². The van der Waals surface area contributed by atoms with Gasteiger partial charge in [-0.05, 0) is 31.3 Å². The topological polar surface area (TPSA) is 56.8 Å². The van der Waals surface area contributed by atoms with Crippen molar-refractivity contribution in [1.82, 2.24) is 14.8 Å². The molecule has 7 heteroatoms. The van der Waals surface area contributed by atoms with Gasteiger partial charge in [-0.3, -0.25) is 14.5 Å². The van der Waals surface area contributed by atoms with Crippen LogP contribution >= 0.6 is 11.8 Å². The van der Waals surface area contributed by atoms with E-state index in [4.69, 9.17) is 0 Å². The summed E-state index contributed by atoms with van der Waals surface area (Å²) >= 11 is 1.47. The number of anilines is 1. The summed E-state index contributed by atoms with van der Waals surface area (Å²) in [4.78, 5) is 36.9. The van der Waals surface area contributed by atoms with E-state index in [1.165, 1.54) is 11.8 Å². The number of hydrogen-bond acceptors (Lipinski definition) is 5. The third kappa shape index (κ3) is 3.20. The maximum Gasteiger partial charge on any atom is 0.259 e. The van der Waals surface area contributed by atoms with Gasteiger partial charge in [-0.1, -0.05) is 23.9 Å². The molecule has 2 aliphatic heterocycles. The first-order chi connectivity index (χ1) is 12.6. The highest BCUT2D eigenvalue weighted by Crippen LogP contribution is 2.39. The molecular weight excluding hydrogens is 348 g/mol. The zero-order chi connectivity index (χ0) is 18.1. The smallest absolute Gasteiger partial charge is 0.259 e. The first kappa shape index (κ1) is 17.1. The largest absolute Gasteiger partial charge is 0.339 e. The molecule has 0 radical (unpaired) electrons. The first-order valence-corrected chi connectivity index (χ1v) is 9.45. The molecule has 3 heterocycles. The van der Waals surface area contributed by atoms with Crippen molar-refractivity contribution in [3.8, 4) is 0 Å². The summed E-state index contributed by atoms with van der Waals surface area (Å²) in [7, 11) is 2.05. The minimum Gasteiger partial charge on any atom is -0.339 e. The van der Waals surface area contributed by atoms with E-state index in [0.717, 1.165) is 23.0 Å². The summed E-state index contributed by atoms with van der Waals surface area (Å²) in [5.74, 6) is -0.173. The summed E-state index contributed by atoms with van der Waals surface area (Å²) in [6, 6.07) is 11.1. The molecule has 0 atom stereocenters. The van der Waals surface area contributed by atoms with Crippen LogP contribution in [-0.4, -0.2) is 66.4 Å². The van der Waals surface area contributed by atoms with Crippen LogP contribution in [0.15, 0.2) is 52.5 Å². The molecule has 0 unspecified atom stereocenters. The third-order valence-corrected chi connectivity index (χ3v) is 5.84. The molecule has 1 aromatic carbocycles. The lowest BCUT2D eigenvalue weighted by atomic mass is 10.2. The molecule has 0 spiro atoms. The zero-order valence-corrected chi connectivity index (χ0v) is 15.4. The maximum absolute atomic E-state index is 13.2. The lowest BCUT2D eigenvalue weighted by Gasteiger charge is -2.34. The zero-order valence-electron chi connectivity index (χ0n) is 14.6. The van der Waals surface area contributed by atoms with Crippen molar-refractivity contribution in [2.75, 3.05) is 44.7 Å². The van der Waals surface area contributed by atoms with E-state index in [2.05, 4.69) is 16.9 Å². The van der Waals surface area contributed by atoms with E-state index in [0.29, 0.717) is 24.3 Å². The molecule has 0 aliphatic carbocycles. The van der Waals surface area contributed by atoms with E-state index in [-0.39, 0.29) is 18.4 Å². The molecule has 0 bridgehead atoms. The van der Waals surface area contributed by atoms with Gasteiger partial charge < -0.3 is 9.80 Å². The SMILES string of the molecule is CN1CCN(C(=O)CN2C(=O)c3ccccc3Sc3ncccc32)CC1. The Morgan fingerprint density at radius 2 is 1.88 bits per heavy atom. The van der Waals surface area contributed by atoms with Crippen LogP contribution in [0.5, 0.6) is 0 Å². The Bertz CT molecular complexity index is 849. The number of nitrogens with zero attached hydrogens (tertiary/aromatic N) is 4. The van der Waals surface area contributed by atoms with Crippen LogP contribution in [0, 0.1) is 0 Å². The van der Waals surface area contributed by atoms with Gasteiger partial charge in [0.25, 0.3) is 5.91 Å².